The van der Waals surface area contributed by atoms with Gasteiger partial charge < -0.3 is 14.5 Å². The van der Waals surface area contributed by atoms with E-state index in [0.717, 1.165) is 37.5 Å². The van der Waals surface area contributed by atoms with Crippen LogP contribution in [-0.2, 0) is 11.3 Å². The molecule has 1 aliphatic heterocycles. The molecule has 1 atom stereocenters. The number of hydrogen-bond donors (Lipinski definition) is 1. The summed E-state index contributed by atoms with van der Waals surface area (Å²) in [7, 11) is 0. The monoisotopic (exact) mass is 259 g/mol. The standard InChI is InChI=1S/C15H21N3O/c1-12-13(18-8-4-3-6-14(18)17-12)10-16-11-15(2)7-5-9-19-15/h3-4,6,8,16H,5,7,9-11H2,1-2H3. The summed E-state index contributed by atoms with van der Waals surface area (Å²) in [4.78, 5) is 4.57. The van der Waals surface area contributed by atoms with Gasteiger partial charge in [-0.1, -0.05) is 6.07 Å². The summed E-state index contributed by atoms with van der Waals surface area (Å²) >= 11 is 0. The lowest BCUT2D eigenvalue weighted by Crippen LogP contribution is -2.37. The zero-order chi connectivity index (χ0) is 13.3. The van der Waals surface area contributed by atoms with E-state index in [1.165, 1.54) is 12.1 Å². The summed E-state index contributed by atoms with van der Waals surface area (Å²) in [5.74, 6) is 0. The molecule has 4 heteroatoms. The van der Waals surface area contributed by atoms with E-state index in [1.54, 1.807) is 0 Å². The number of nitrogens with zero attached hydrogens (tertiary/aromatic N) is 2. The van der Waals surface area contributed by atoms with Gasteiger partial charge in [-0.05, 0) is 38.8 Å². The molecule has 0 spiro atoms. The smallest absolute Gasteiger partial charge is 0.137 e. The minimum atomic E-state index is 0.00833. The van der Waals surface area contributed by atoms with Gasteiger partial charge in [0.15, 0.2) is 0 Å². The van der Waals surface area contributed by atoms with Crippen LogP contribution in [0.3, 0.4) is 0 Å². The van der Waals surface area contributed by atoms with Crippen molar-refractivity contribution in [2.75, 3.05) is 13.2 Å². The van der Waals surface area contributed by atoms with Crippen LogP contribution in [0.25, 0.3) is 5.65 Å². The molecular formula is C15H21N3O. The topological polar surface area (TPSA) is 38.6 Å². The molecule has 0 aromatic carbocycles. The second kappa shape index (κ2) is 4.94. The second-order valence-electron chi connectivity index (χ2n) is 5.58. The maximum absolute atomic E-state index is 5.79. The second-order valence-corrected chi connectivity index (χ2v) is 5.58. The predicted molar refractivity (Wildman–Crippen MR) is 75.2 cm³/mol. The van der Waals surface area contributed by atoms with Crippen LogP contribution in [0.4, 0.5) is 0 Å². The number of pyridine rings is 1. The largest absolute Gasteiger partial charge is 0.374 e. The molecule has 0 amide bonds. The first kappa shape index (κ1) is 12.6. The molecule has 4 nitrogen and oxygen atoms in total. The lowest BCUT2D eigenvalue weighted by atomic mass is 10.0. The van der Waals surface area contributed by atoms with Crippen LogP contribution in [0.15, 0.2) is 24.4 Å². The fourth-order valence-corrected chi connectivity index (χ4v) is 2.80. The van der Waals surface area contributed by atoms with Gasteiger partial charge in [-0.2, -0.15) is 0 Å². The van der Waals surface area contributed by atoms with E-state index < -0.39 is 0 Å². The highest BCUT2D eigenvalue weighted by molar-refractivity contribution is 5.42. The van der Waals surface area contributed by atoms with Crippen LogP contribution in [0, 0.1) is 6.92 Å². The summed E-state index contributed by atoms with van der Waals surface area (Å²) in [6, 6.07) is 6.10. The number of aromatic nitrogens is 2. The molecule has 1 saturated heterocycles. The van der Waals surface area contributed by atoms with Gasteiger partial charge in [0.2, 0.25) is 0 Å². The highest BCUT2D eigenvalue weighted by Gasteiger charge is 2.29. The maximum Gasteiger partial charge on any atom is 0.137 e. The van der Waals surface area contributed by atoms with Gasteiger partial charge in [-0.15, -0.1) is 0 Å². The van der Waals surface area contributed by atoms with Gasteiger partial charge in [0.25, 0.3) is 0 Å². The molecule has 1 fully saturated rings. The van der Waals surface area contributed by atoms with Crippen molar-refractivity contribution < 1.29 is 4.74 Å². The minimum Gasteiger partial charge on any atom is -0.374 e. The van der Waals surface area contributed by atoms with Gasteiger partial charge in [0, 0.05) is 25.9 Å². The molecule has 1 aliphatic rings. The summed E-state index contributed by atoms with van der Waals surface area (Å²) in [5.41, 5.74) is 3.35. The van der Waals surface area contributed by atoms with E-state index in [-0.39, 0.29) is 5.60 Å². The normalized spacial score (nSPS) is 23.3. The van der Waals surface area contributed by atoms with Crippen molar-refractivity contribution in [1.82, 2.24) is 14.7 Å². The van der Waals surface area contributed by atoms with Crippen molar-refractivity contribution in [1.29, 1.82) is 0 Å². The molecule has 3 heterocycles. The Morgan fingerprint density at radius 2 is 2.37 bits per heavy atom. The quantitative estimate of drug-likeness (QED) is 0.915. The first-order valence-corrected chi connectivity index (χ1v) is 6.95. The van der Waals surface area contributed by atoms with Gasteiger partial charge in [0.1, 0.15) is 5.65 Å². The fraction of sp³-hybridized carbons (Fsp3) is 0.533. The van der Waals surface area contributed by atoms with Crippen LogP contribution in [0.2, 0.25) is 0 Å². The number of fused-ring (bicyclic) bond motifs is 1. The number of imidazole rings is 1. The van der Waals surface area contributed by atoms with Gasteiger partial charge in [-0.25, -0.2) is 4.98 Å². The first-order valence-electron chi connectivity index (χ1n) is 6.95. The number of aryl methyl sites for hydroxylation is 1. The molecule has 0 saturated carbocycles. The lowest BCUT2D eigenvalue weighted by molar-refractivity contribution is 0.0206. The molecule has 2 aromatic heterocycles. The van der Waals surface area contributed by atoms with E-state index in [4.69, 9.17) is 4.74 Å². The summed E-state index contributed by atoms with van der Waals surface area (Å²) in [6.07, 6.45) is 4.39. The number of ether oxygens (including phenoxy) is 1. The zero-order valence-corrected chi connectivity index (χ0v) is 11.6. The molecule has 1 unspecified atom stereocenters. The molecule has 0 aliphatic carbocycles. The Morgan fingerprint density at radius 3 is 3.16 bits per heavy atom. The highest BCUT2D eigenvalue weighted by Crippen LogP contribution is 2.24. The van der Waals surface area contributed by atoms with Crippen molar-refractivity contribution in [3.63, 3.8) is 0 Å². The summed E-state index contributed by atoms with van der Waals surface area (Å²) < 4.78 is 7.95. The molecule has 3 rings (SSSR count). The van der Waals surface area contributed by atoms with Gasteiger partial charge >= 0.3 is 0 Å². The minimum absolute atomic E-state index is 0.00833. The summed E-state index contributed by atoms with van der Waals surface area (Å²) in [5, 5.41) is 3.52. The van der Waals surface area contributed by atoms with E-state index >= 15 is 0 Å². The van der Waals surface area contributed by atoms with Crippen molar-refractivity contribution in [2.45, 2.75) is 38.8 Å². The molecule has 102 valence electrons. The van der Waals surface area contributed by atoms with Gasteiger partial charge in [0.05, 0.1) is 17.0 Å². The van der Waals surface area contributed by atoms with Crippen molar-refractivity contribution >= 4 is 5.65 Å². The Labute approximate surface area is 113 Å². The van der Waals surface area contributed by atoms with Crippen molar-refractivity contribution in [2.24, 2.45) is 0 Å². The Balaban J connectivity index is 1.70. The molecule has 0 bridgehead atoms. The van der Waals surface area contributed by atoms with Crippen LogP contribution in [-0.4, -0.2) is 28.1 Å². The molecular weight excluding hydrogens is 238 g/mol. The number of hydrogen-bond acceptors (Lipinski definition) is 3. The highest BCUT2D eigenvalue weighted by atomic mass is 16.5. The van der Waals surface area contributed by atoms with Crippen LogP contribution < -0.4 is 5.32 Å². The average Bonchev–Trinajstić information content (AvgIpc) is 2.95. The average molecular weight is 259 g/mol. The molecule has 19 heavy (non-hydrogen) atoms. The molecule has 0 radical (unpaired) electrons. The van der Waals surface area contributed by atoms with Crippen molar-refractivity contribution in [3.8, 4) is 0 Å². The summed E-state index contributed by atoms with van der Waals surface area (Å²) in [6.45, 7) is 6.88. The Kier molecular flexibility index (Phi) is 3.29. The van der Waals surface area contributed by atoms with E-state index in [1.807, 2.05) is 18.2 Å². The molecule has 1 N–H and O–H groups in total. The third-order valence-electron chi connectivity index (χ3n) is 3.92. The maximum atomic E-state index is 5.79. The first-order chi connectivity index (χ1) is 9.18. The predicted octanol–water partition coefficient (Wildman–Crippen LogP) is 2.30. The van der Waals surface area contributed by atoms with Crippen molar-refractivity contribution in [3.05, 3.63) is 35.8 Å². The van der Waals surface area contributed by atoms with Crippen LogP contribution in [0.5, 0.6) is 0 Å². The van der Waals surface area contributed by atoms with Crippen LogP contribution in [0.1, 0.15) is 31.2 Å². The Morgan fingerprint density at radius 1 is 1.47 bits per heavy atom. The number of nitrogens with one attached hydrogen (secondary N) is 1. The third-order valence-corrected chi connectivity index (χ3v) is 3.92. The fourth-order valence-electron chi connectivity index (χ4n) is 2.80. The Hall–Kier alpha value is -1.39. The Bertz CT molecular complexity index is 570. The van der Waals surface area contributed by atoms with E-state index in [2.05, 4.69) is 34.7 Å². The van der Waals surface area contributed by atoms with Crippen LogP contribution >= 0.6 is 0 Å². The molecule has 2 aromatic rings. The SMILES string of the molecule is Cc1nc2ccccn2c1CNCC1(C)CCCO1. The third kappa shape index (κ3) is 2.51. The van der Waals surface area contributed by atoms with Gasteiger partial charge in [-0.3, -0.25) is 0 Å². The number of rotatable bonds is 4. The zero-order valence-electron chi connectivity index (χ0n) is 11.6. The lowest BCUT2D eigenvalue weighted by Gasteiger charge is -2.23. The van der Waals surface area contributed by atoms with E-state index in [0.29, 0.717) is 0 Å². The van der Waals surface area contributed by atoms with E-state index in [9.17, 15) is 0 Å².